The van der Waals surface area contributed by atoms with Crippen LogP contribution in [0.2, 0.25) is 0 Å². The van der Waals surface area contributed by atoms with Gasteiger partial charge in [0, 0.05) is 18.3 Å². The van der Waals surface area contributed by atoms with Crippen molar-refractivity contribution in [3.63, 3.8) is 0 Å². The van der Waals surface area contributed by atoms with Gasteiger partial charge in [-0.3, -0.25) is 4.79 Å². The lowest BCUT2D eigenvalue weighted by atomic mass is 10.0. The average Bonchev–Trinajstić information content (AvgIpc) is 2.45. The first-order valence-corrected chi connectivity index (χ1v) is 6.79. The largest absolute Gasteiger partial charge is 0.398 e. The molecular formula is C17H19FN2O. The maximum atomic E-state index is 13.8. The summed E-state index contributed by atoms with van der Waals surface area (Å²) in [5.74, 6) is -0.537. The number of carbonyl (C=O) groups excluding carboxylic acids is 1. The van der Waals surface area contributed by atoms with Crippen molar-refractivity contribution >= 4 is 11.6 Å². The van der Waals surface area contributed by atoms with Gasteiger partial charge in [-0.05, 0) is 37.6 Å². The molecule has 1 unspecified atom stereocenters. The zero-order valence-corrected chi connectivity index (χ0v) is 12.4. The zero-order valence-electron chi connectivity index (χ0n) is 12.4. The molecule has 0 aromatic heterocycles. The average molecular weight is 286 g/mol. The van der Waals surface area contributed by atoms with E-state index in [1.165, 1.54) is 11.0 Å². The molecule has 21 heavy (non-hydrogen) atoms. The summed E-state index contributed by atoms with van der Waals surface area (Å²) in [5.41, 5.74) is 8.26. The first kappa shape index (κ1) is 15.0. The molecule has 110 valence electrons. The summed E-state index contributed by atoms with van der Waals surface area (Å²) < 4.78 is 13.8. The molecule has 0 bridgehead atoms. The highest BCUT2D eigenvalue weighted by Gasteiger charge is 2.22. The summed E-state index contributed by atoms with van der Waals surface area (Å²) in [4.78, 5) is 14.0. The van der Waals surface area contributed by atoms with Crippen LogP contribution in [-0.4, -0.2) is 17.9 Å². The van der Waals surface area contributed by atoms with Crippen molar-refractivity contribution < 1.29 is 9.18 Å². The third-order valence-corrected chi connectivity index (χ3v) is 3.69. The highest BCUT2D eigenvalue weighted by Crippen LogP contribution is 2.25. The van der Waals surface area contributed by atoms with E-state index in [-0.39, 0.29) is 17.8 Å². The topological polar surface area (TPSA) is 46.3 Å². The van der Waals surface area contributed by atoms with Crippen LogP contribution < -0.4 is 5.73 Å². The molecule has 1 atom stereocenters. The zero-order chi connectivity index (χ0) is 15.6. The Morgan fingerprint density at radius 3 is 2.52 bits per heavy atom. The molecule has 0 fully saturated rings. The van der Waals surface area contributed by atoms with E-state index in [1.54, 1.807) is 44.3 Å². The molecule has 0 saturated carbocycles. The molecule has 0 aliphatic rings. The van der Waals surface area contributed by atoms with Crippen molar-refractivity contribution in [1.82, 2.24) is 4.90 Å². The third-order valence-electron chi connectivity index (χ3n) is 3.69. The fourth-order valence-corrected chi connectivity index (χ4v) is 2.27. The Bertz CT molecular complexity index is 670. The Morgan fingerprint density at radius 2 is 1.90 bits per heavy atom. The number of nitrogens with two attached hydrogens (primary N) is 1. The van der Waals surface area contributed by atoms with Gasteiger partial charge in [-0.1, -0.05) is 24.3 Å². The van der Waals surface area contributed by atoms with Crippen LogP contribution in [-0.2, 0) is 0 Å². The Labute approximate surface area is 124 Å². The molecule has 4 heteroatoms. The maximum absolute atomic E-state index is 13.8. The first-order chi connectivity index (χ1) is 9.91. The number of carbonyl (C=O) groups is 1. The number of rotatable bonds is 3. The number of amides is 1. The monoisotopic (exact) mass is 286 g/mol. The Hall–Kier alpha value is -2.36. The quantitative estimate of drug-likeness (QED) is 0.877. The molecular weight excluding hydrogens is 267 g/mol. The predicted molar refractivity (Wildman–Crippen MR) is 82.5 cm³/mol. The van der Waals surface area contributed by atoms with Gasteiger partial charge in [0.15, 0.2) is 0 Å². The minimum atomic E-state index is -0.376. The molecule has 2 aromatic carbocycles. The van der Waals surface area contributed by atoms with Crippen LogP contribution >= 0.6 is 0 Å². The third kappa shape index (κ3) is 3.05. The van der Waals surface area contributed by atoms with Crippen molar-refractivity contribution in [1.29, 1.82) is 0 Å². The van der Waals surface area contributed by atoms with Crippen molar-refractivity contribution in [3.05, 3.63) is 65.0 Å². The molecule has 0 saturated heterocycles. The molecule has 0 aliphatic carbocycles. The van der Waals surface area contributed by atoms with Gasteiger partial charge in [-0.2, -0.15) is 0 Å². The highest BCUT2D eigenvalue weighted by molar-refractivity contribution is 5.99. The van der Waals surface area contributed by atoms with Gasteiger partial charge >= 0.3 is 0 Å². The second kappa shape index (κ2) is 5.95. The Balaban J connectivity index is 2.29. The van der Waals surface area contributed by atoms with Crippen LogP contribution in [0.25, 0.3) is 0 Å². The first-order valence-electron chi connectivity index (χ1n) is 6.79. The van der Waals surface area contributed by atoms with Crippen LogP contribution in [0.5, 0.6) is 0 Å². The van der Waals surface area contributed by atoms with Crippen LogP contribution in [0.1, 0.15) is 34.5 Å². The van der Waals surface area contributed by atoms with Gasteiger partial charge in [-0.15, -0.1) is 0 Å². The molecule has 0 radical (unpaired) electrons. The minimum absolute atomic E-state index is 0.219. The van der Waals surface area contributed by atoms with Gasteiger partial charge in [0.1, 0.15) is 5.82 Å². The molecule has 2 aromatic rings. The highest BCUT2D eigenvalue weighted by atomic mass is 19.1. The maximum Gasteiger partial charge on any atom is 0.256 e. The van der Waals surface area contributed by atoms with Crippen LogP contribution in [0.4, 0.5) is 10.1 Å². The van der Waals surface area contributed by atoms with Gasteiger partial charge < -0.3 is 10.6 Å². The molecule has 0 spiro atoms. The van der Waals surface area contributed by atoms with Gasteiger partial charge in [0.2, 0.25) is 0 Å². The van der Waals surface area contributed by atoms with Crippen molar-refractivity contribution in [2.24, 2.45) is 0 Å². The van der Waals surface area contributed by atoms with E-state index >= 15 is 0 Å². The Morgan fingerprint density at radius 1 is 1.24 bits per heavy atom. The summed E-state index contributed by atoms with van der Waals surface area (Å²) in [7, 11) is 1.65. The number of aryl methyl sites for hydroxylation is 1. The minimum Gasteiger partial charge on any atom is -0.398 e. The second-order valence-corrected chi connectivity index (χ2v) is 5.20. The van der Waals surface area contributed by atoms with E-state index in [1.807, 2.05) is 13.0 Å². The van der Waals surface area contributed by atoms with Crippen LogP contribution in [0.15, 0.2) is 42.5 Å². The van der Waals surface area contributed by atoms with Crippen molar-refractivity contribution in [3.8, 4) is 0 Å². The lowest BCUT2D eigenvalue weighted by molar-refractivity contribution is 0.0741. The SMILES string of the molecule is Cc1ccc(C(=O)N(C)C(C)c2ccccc2F)c(N)c1. The normalized spacial score (nSPS) is 12.0. The van der Waals surface area contributed by atoms with Gasteiger partial charge in [-0.25, -0.2) is 4.39 Å². The fraction of sp³-hybridized carbons (Fsp3) is 0.235. The fourth-order valence-electron chi connectivity index (χ4n) is 2.27. The summed E-state index contributed by atoms with van der Waals surface area (Å²) in [6.45, 7) is 3.71. The number of hydrogen-bond acceptors (Lipinski definition) is 2. The number of nitrogen functional groups attached to an aromatic ring is 1. The summed E-state index contributed by atoms with van der Waals surface area (Å²) in [6.07, 6.45) is 0. The molecule has 0 aliphatic heterocycles. The standard InChI is InChI=1S/C17H19FN2O/c1-11-8-9-14(16(19)10-11)17(21)20(3)12(2)13-6-4-5-7-15(13)18/h4-10,12H,19H2,1-3H3. The van der Waals surface area contributed by atoms with E-state index in [2.05, 4.69) is 0 Å². The lowest BCUT2D eigenvalue weighted by Crippen LogP contribution is -2.30. The van der Waals surface area contributed by atoms with Crippen molar-refractivity contribution in [2.45, 2.75) is 19.9 Å². The summed E-state index contributed by atoms with van der Waals surface area (Å²) in [6, 6.07) is 11.4. The number of hydrogen-bond donors (Lipinski definition) is 1. The molecule has 2 rings (SSSR count). The molecule has 1 amide bonds. The lowest BCUT2D eigenvalue weighted by Gasteiger charge is -2.26. The van der Waals surface area contributed by atoms with E-state index in [4.69, 9.17) is 5.73 Å². The Kier molecular flexibility index (Phi) is 4.26. The number of halogens is 1. The van der Waals surface area contributed by atoms with E-state index < -0.39 is 0 Å². The van der Waals surface area contributed by atoms with Crippen LogP contribution in [0.3, 0.4) is 0 Å². The molecule has 3 nitrogen and oxygen atoms in total. The van der Waals surface area contributed by atoms with Gasteiger partial charge in [0.05, 0.1) is 11.6 Å². The van der Waals surface area contributed by atoms with E-state index in [0.29, 0.717) is 16.8 Å². The second-order valence-electron chi connectivity index (χ2n) is 5.20. The number of anilines is 1. The number of benzene rings is 2. The summed E-state index contributed by atoms with van der Waals surface area (Å²) >= 11 is 0. The van der Waals surface area contributed by atoms with Gasteiger partial charge in [0.25, 0.3) is 5.91 Å². The predicted octanol–water partition coefficient (Wildman–Crippen LogP) is 3.55. The molecule has 0 heterocycles. The van der Waals surface area contributed by atoms with E-state index in [0.717, 1.165) is 5.56 Å². The van der Waals surface area contributed by atoms with E-state index in [9.17, 15) is 9.18 Å². The van der Waals surface area contributed by atoms with Crippen LogP contribution in [0, 0.1) is 12.7 Å². The summed E-state index contributed by atoms with van der Waals surface area (Å²) in [5, 5.41) is 0. The van der Waals surface area contributed by atoms with Crippen molar-refractivity contribution in [2.75, 3.05) is 12.8 Å². The smallest absolute Gasteiger partial charge is 0.256 e. The number of nitrogens with zero attached hydrogens (tertiary/aromatic N) is 1. The molecule has 2 N–H and O–H groups in total.